The lowest BCUT2D eigenvalue weighted by Gasteiger charge is -2.32. The van der Waals surface area contributed by atoms with Crippen LogP contribution in [0.1, 0.15) is 39.4 Å². The van der Waals surface area contributed by atoms with Crippen molar-refractivity contribution in [1.29, 1.82) is 0 Å². The highest BCUT2D eigenvalue weighted by Gasteiger charge is 2.25. The molecule has 26 heavy (non-hydrogen) atoms. The van der Waals surface area contributed by atoms with Gasteiger partial charge in [-0.15, -0.1) is 0 Å². The summed E-state index contributed by atoms with van der Waals surface area (Å²) in [5.74, 6) is 0.120. The van der Waals surface area contributed by atoms with Gasteiger partial charge in [-0.05, 0) is 31.2 Å². The van der Waals surface area contributed by atoms with Crippen LogP contribution >= 0.6 is 0 Å². The van der Waals surface area contributed by atoms with E-state index in [4.69, 9.17) is 0 Å². The van der Waals surface area contributed by atoms with Crippen LogP contribution in [0, 0.1) is 5.92 Å². The van der Waals surface area contributed by atoms with Gasteiger partial charge in [0, 0.05) is 45.3 Å². The monoisotopic (exact) mass is 354 g/mol. The largest absolute Gasteiger partial charge is 0.343 e. The summed E-state index contributed by atoms with van der Waals surface area (Å²) in [5.41, 5.74) is 1.73. The third-order valence-corrected chi connectivity index (χ3v) is 4.46. The number of amides is 2. The number of carbonyl (C=O) groups is 2. The van der Waals surface area contributed by atoms with E-state index in [1.165, 1.54) is 17.6 Å². The van der Waals surface area contributed by atoms with Gasteiger partial charge in [0.2, 0.25) is 0 Å². The maximum atomic E-state index is 12.6. The van der Waals surface area contributed by atoms with Gasteiger partial charge in [0.25, 0.3) is 11.8 Å². The summed E-state index contributed by atoms with van der Waals surface area (Å²) in [7, 11) is 3.39. The van der Waals surface area contributed by atoms with Crippen LogP contribution in [0.4, 0.5) is 0 Å². The standard InChI is InChI=1S/C18H22N6O2/c1-23(2)18(26)16-7-15(21-12-22-16)6-13-4-3-5-24(10-13)17(25)14-8-19-11-20-9-14/h7-9,11-13H,3-6,10H2,1-2H3/t13-/m0/s1. The Kier molecular flexibility index (Phi) is 5.50. The highest BCUT2D eigenvalue weighted by atomic mass is 16.2. The summed E-state index contributed by atoms with van der Waals surface area (Å²) >= 11 is 0. The normalized spacial score (nSPS) is 17.0. The zero-order valence-corrected chi connectivity index (χ0v) is 15.0. The van der Waals surface area contributed by atoms with E-state index in [9.17, 15) is 9.59 Å². The topological polar surface area (TPSA) is 92.2 Å². The summed E-state index contributed by atoms with van der Waals surface area (Å²) in [4.78, 5) is 44.2. The van der Waals surface area contributed by atoms with Gasteiger partial charge >= 0.3 is 0 Å². The summed E-state index contributed by atoms with van der Waals surface area (Å²) in [6.45, 7) is 1.40. The first-order chi connectivity index (χ1) is 12.5. The van der Waals surface area contributed by atoms with Crippen LogP contribution in [0.25, 0.3) is 0 Å². The first-order valence-electron chi connectivity index (χ1n) is 8.61. The summed E-state index contributed by atoms with van der Waals surface area (Å²) in [5, 5.41) is 0. The van der Waals surface area contributed by atoms with Crippen molar-refractivity contribution >= 4 is 11.8 Å². The Morgan fingerprint density at radius 1 is 1.19 bits per heavy atom. The molecule has 0 spiro atoms. The fraction of sp³-hybridized carbons (Fsp3) is 0.444. The Labute approximate surface area is 152 Å². The van der Waals surface area contributed by atoms with Crippen LogP contribution in [0.2, 0.25) is 0 Å². The number of piperidine rings is 1. The fourth-order valence-corrected chi connectivity index (χ4v) is 3.16. The number of nitrogens with zero attached hydrogens (tertiary/aromatic N) is 6. The molecule has 1 aliphatic heterocycles. The summed E-state index contributed by atoms with van der Waals surface area (Å²) < 4.78 is 0. The van der Waals surface area contributed by atoms with Gasteiger partial charge in [-0.2, -0.15) is 0 Å². The predicted octanol–water partition coefficient (Wildman–Crippen LogP) is 1.06. The van der Waals surface area contributed by atoms with Gasteiger partial charge in [-0.25, -0.2) is 19.9 Å². The zero-order valence-electron chi connectivity index (χ0n) is 15.0. The molecule has 0 radical (unpaired) electrons. The number of carbonyl (C=O) groups excluding carboxylic acids is 2. The number of hydrogen-bond donors (Lipinski definition) is 0. The number of rotatable bonds is 4. The maximum Gasteiger partial charge on any atom is 0.272 e. The fourth-order valence-electron chi connectivity index (χ4n) is 3.16. The van der Waals surface area contributed by atoms with E-state index in [0.717, 1.165) is 25.1 Å². The van der Waals surface area contributed by atoms with Gasteiger partial charge < -0.3 is 9.80 Å². The second-order valence-electron chi connectivity index (χ2n) is 6.68. The van der Waals surface area contributed by atoms with Crippen LogP contribution in [-0.4, -0.2) is 68.7 Å². The van der Waals surface area contributed by atoms with Crippen molar-refractivity contribution in [2.45, 2.75) is 19.3 Å². The van der Waals surface area contributed by atoms with Crippen LogP contribution in [0.5, 0.6) is 0 Å². The molecule has 1 atom stereocenters. The smallest absolute Gasteiger partial charge is 0.272 e. The van der Waals surface area contributed by atoms with Gasteiger partial charge in [-0.1, -0.05) is 0 Å². The van der Waals surface area contributed by atoms with Gasteiger partial charge in [0.15, 0.2) is 0 Å². The highest BCUT2D eigenvalue weighted by Crippen LogP contribution is 2.21. The quantitative estimate of drug-likeness (QED) is 0.815. The molecule has 0 aliphatic carbocycles. The van der Waals surface area contributed by atoms with Gasteiger partial charge in [0.1, 0.15) is 18.3 Å². The molecule has 136 valence electrons. The van der Waals surface area contributed by atoms with Crippen LogP contribution in [-0.2, 0) is 6.42 Å². The van der Waals surface area contributed by atoms with Crippen LogP contribution in [0.3, 0.4) is 0 Å². The van der Waals surface area contributed by atoms with E-state index in [1.807, 2.05) is 4.90 Å². The molecule has 3 rings (SSSR count). The number of hydrogen-bond acceptors (Lipinski definition) is 6. The zero-order chi connectivity index (χ0) is 18.5. The summed E-state index contributed by atoms with van der Waals surface area (Å²) in [6.07, 6.45) is 8.61. The van der Waals surface area contributed by atoms with Crippen molar-refractivity contribution in [2.24, 2.45) is 5.92 Å². The third kappa shape index (κ3) is 4.19. The minimum atomic E-state index is -0.141. The first kappa shape index (κ1) is 17.9. The van der Waals surface area contributed by atoms with E-state index in [2.05, 4.69) is 19.9 Å². The third-order valence-electron chi connectivity index (χ3n) is 4.46. The van der Waals surface area contributed by atoms with Crippen molar-refractivity contribution in [2.75, 3.05) is 27.2 Å². The average Bonchev–Trinajstić information content (AvgIpc) is 2.68. The van der Waals surface area contributed by atoms with Crippen molar-refractivity contribution in [3.05, 3.63) is 48.1 Å². The van der Waals surface area contributed by atoms with Crippen LogP contribution < -0.4 is 0 Å². The molecular formula is C18H22N6O2. The Balaban J connectivity index is 1.66. The second-order valence-corrected chi connectivity index (χ2v) is 6.68. The minimum Gasteiger partial charge on any atom is -0.343 e. The van der Waals surface area contributed by atoms with E-state index < -0.39 is 0 Å². The molecule has 0 bridgehead atoms. The molecule has 1 saturated heterocycles. The summed E-state index contributed by atoms with van der Waals surface area (Å²) in [6, 6.07) is 1.74. The lowest BCUT2D eigenvalue weighted by atomic mass is 9.92. The van der Waals surface area contributed by atoms with E-state index >= 15 is 0 Å². The molecule has 2 aromatic rings. The minimum absolute atomic E-state index is 0.0403. The van der Waals surface area contributed by atoms with E-state index in [0.29, 0.717) is 30.1 Å². The van der Waals surface area contributed by atoms with Crippen molar-refractivity contribution in [3.8, 4) is 0 Å². The lowest BCUT2D eigenvalue weighted by Crippen LogP contribution is -2.40. The lowest BCUT2D eigenvalue weighted by molar-refractivity contribution is 0.0671. The molecule has 0 unspecified atom stereocenters. The maximum absolute atomic E-state index is 12.6. The Bertz CT molecular complexity index is 780. The molecule has 0 aromatic carbocycles. The SMILES string of the molecule is CN(C)C(=O)c1cc(C[C@@H]2CCCN(C(=O)c3cncnc3)C2)ncn1. The molecular weight excluding hydrogens is 332 g/mol. The molecule has 3 heterocycles. The molecule has 8 heteroatoms. The first-order valence-corrected chi connectivity index (χ1v) is 8.61. The van der Waals surface area contributed by atoms with Crippen molar-refractivity contribution < 1.29 is 9.59 Å². The average molecular weight is 354 g/mol. The number of aromatic nitrogens is 4. The van der Waals surface area contributed by atoms with Gasteiger partial charge in [0.05, 0.1) is 5.56 Å². The van der Waals surface area contributed by atoms with Crippen molar-refractivity contribution in [1.82, 2.24) is 29.7 Å². The Morgan fingerprint density at radius 2 is 1.96 bits per heavy atom. The highest BCUT2D eigenvalue weighted by molar-refractivity contribution is 5.93. The molecule has 1 fully saturated rings. The predicted molar refractivity (Wildman–Crippen MR) is 94.4 cm³/mol. The molecule has 0 saturated carbocycles. The Morgan fingerprint density at radius 3 is 2.69 bits per heavy atom. The molecule has 8 nitrogen and oxygen atoms in total. The molecule has 2 aromatic heterocycles. The van der Waals surface area contributed by atoms with Crippen molar-refractivity contribution in [3.63, 3.8) is 0 Å². The molecule has 2 amide bonds. The second kappa shape index (κ2) is 7.99. The molecule has 0 N–H and O–H groups in total. The molecule has 1 aliphatic rings. The Hall–Kier alpha value is -2.90. The van der Waals surface area contributed by atoms with Gasteiger partial charge in [-0.3, -0.25) is 9.59 Å². The van der Waals surface area contributed by atoms with E-state index in [1.54, 1.807) is 32.6 Å². The number of likely N-dealkylation sites (tertiary alicyclic amines) is 1. The van der Waals surface area contributed by atoms with E-state index in [-0.39, 0.29) is 11.8 Å². The van der Waals surface area contributed by atoms with Crippen LogP contribution in [0.15, 0.2) is 31.1 Å².